The molecular weight excluding hydrogens is 528 g/mol. The van der Waals surface area contributed by atoms with Crippen LogP contribution in [0.5, 0.6) is 0 Å². The van der Waals surface area contributed by atoms with Crippen molar-refractivity contribution in [1.82, 2.24) is 10.2 Å². The molecule has 0 aromatic heterocycles. The van der Waals surface area contributed by atoms with Crippen molar-refractivity contribution in [3.05, 3.63) is 68.6 Å². The van der Waals surface area contributed by atoms with Crippen LogP contribution in [0.1, 0.15) is 38.3 Å². The fourth-order valence-electron chi connectivity index (χ4n) is 2.80. The highest BCUT2D eigenvalue weighted by Gasteiger charge is 2.26. The zero-order valence-electron chi connectivity index (χ0n) is 17.5. The van der Waals surface area contributed by atoms with Gasteiger partial charge < -0.3 is 10.2 Å². The van der Waals surface area contributed by atoms with Crippen LogP contribution in [0.15, 0.2) is 57.5 Å². The summed E-state index contributed by atoms with van der Waals surface area (Å²) in [7, 11) is 0. The largest absolute Gasteiger partial charge is 0.352 e. The summed E-state index contributed by atoms with van der Waals surface area (Å²) in [5.74, 6) is 0.914. The number of nitrogens with one attached hydrogen (secondary N) is 1. The molecule has 0 spiro atoms. The molecule has 4 nitrogen and oxygen atoms in total. The summed E-state index contributed by atoms with van der Waals surface area (Å²) in [4.78, 5) is 27.5. The third kappa shape index (κ3) is 8.08. The molecule has 0 heterocycles. The number of benzene rings is 2. The summed E-state index contributed by atoms with van der Waals surface area (Å²) in [5.41, 5.74) is 2.15. The van der Waals surface area contributed by atoms with Gasteiger partial charge in [-0.2, -0.15) is 0 Å². The molecule has 0 aliphatic heterocycles. The van der Waals surface area contributed by atoms with Gasteiger partial charge in [-0.25, -0.2) is 0 Å². The maximum absolute atomic E-state index is 13.1. The van der Waals surface area contributed by atoms with Crippen LogP contribution in [-0.2, 0) is 21.9 Å². The molecule has 0 saturated carbocycles. The van der Waals surface area contributed by atoms with Crippen LogP contribution in [0.4, 0.5) is 0 Å². The van der Waals surface area contributed by atoms with E-state index in [9.17, 15) is 9.59 Å². The standard InChI is InChI=1S/C23H28Br2N2O2S/c1-4-16(2)26-23(29)17(3)27(13-19-6-5-7-21(25)12-19)22(28)15-30-14-18-8-10-20(24)11-9-18/h5-12,16-17H,4,13-15H2,1-3H3,(H,26,29)/t16-,17-/m1/s1. The minimum Gasteiger partial charge on any atom is -0.352 e. The van der Waals surface area contributed by atoms with Crippen LogP contribution < -0.4 is 5.32 Å². The monoisotopic (exact) mass is 554 g/mol. The molecule has 0 fully saturated rings. The lowest BCUT2D eigenvalue weighted by Gasteiger charge is -2.29. The van der Waals surface area contributed by atoms with Gasteiger partial charge in [-0.1, -0.05) is 63.0 Å². The van der Waals surface area contributed by atoms with Gasteiger partial charge in [0.25, 0.3) is 0 Å². The number of halogens is 2. The zero-order valence-corrected chi connectivity index (χ0v) is 21.5. The van der Waals surface area contributed by atoms with Gasteiger partial charge in [0.15, 0.2) is 0 Å². The van der Waals surface area contributed by atoms with Crippen LogP contribution in [0.3, 0.4) is 0 Å². The van der Waals surface area contributed by atoms with E-state index >= 15 is 0 Å². The van der Waals surface area contributed by atoms with Crippen LogP contribution in [-0.4, -0.2) is 34.6 Å². The smallest absolute Gasteiger partial charge is 0.242 e. The molecule has 162 valence electrons. The average molecular weight is 556 g/mol. The summed E-state index contributed by atoms with van der Waals surface area (Å²) in [6.07, 6.45) is 0.848. The molecule has 30 heavy (non-hydrogen) atoms. The second-order valence-electron chi connectivity index (χ2n) is 7.26. The summed E-state index contributed by atoms with van der Waals surface area (Å²) < 4.78 is 1.99. The molecular formula is C23H28Br2N2O2S. The van der Waals surface area contributed by atoms with Crippen molar-refractivity contribution in [2.75, 3.05) is 5.75 Å². The number of thioether (sulfide) groups is 1. The first-order chi connectivity index (χ1) is 14.3. The molecule has 0 saturated heterocycles. The minimum atomic E-state index is -0.543. The highest BCUT2D eigenvalue weighted by Crippen LogP contribution is 2.19. The van der Waals surface area contributed by atoms with Gasteiger partial charge >= 0.3 is 0 Å². The van der Waals surface area contributed by atoms with Gasteiger partial charge in [0.1, 0.15) is 6.04 Å². The number of rotatable bonds is 10. The van der Waals surface area contributed by atoms with Gasteiger partial charge in [0.05, 0.1) is 5.75 Å². The fraction of sp³-hybridized carbons (Fsp3) is 0.391. The topological polar surface area (TPSA) is 49.4 Å². The van der Waals surface area contributed by atoms with E-state index in [0.29, 0.717) is 12.3 Å². The SMILES string of the molecule is CC[C@@H](C)NC(=O)[C@@H](C)N(Cc1cccc(Br)c1)C(=O)CSCc1ccc(Br)cc1. The number of nitrogens with zero attached hydrogens (tertiary/aromatic N) is 1. The second kappa shape index (κ2) is 12.5. The van der Waals surface area contributed by atoms with E-state index in [1.807, 2.05) is 62.4 Å². The first-order valence-electron chi connectivity index (χ1n) is 9.96. The van der Waals surface area contributed by atoms with E-state index in [1.54, 1.807) is 23.6 Å². The van der Waals surface area contributed by atoms with Gasteiger partial charge in [-0.05, 0) is 55.7 Å². The number of hydrogen-bond donors (Lipinski definition) is 1. The van der Waals surface area contributed by atoms with Crippen molar-refractivity contribution in [1.29, 1.82) is 0 Å². The number of hydrogen-bond acceptors (Lipinski definition) is 3. The van der Waals surface area contributed by atoms with E-state index in [2.05, 4.69) is 37.2 Å². The summed E-state index contributed by atoms with van der Waals surface area (Å²) in [6.45, 7) is 6.19. The Kier molecular flexibility index (Phi) is 10.4. The maximum atomic E-state index is 13.1. The highest BCUT2D eigenvalue weighted by atomic mass is 79.9. The van der Waals surface area contributed by atoms with Crippen molar-refractivity contribution >= 4 is 55.4 Å². The molecule has 7 heteroatoms. The Morgan fingerprint density at radius 3 is 2.37 bits per heavy atom. The van der Waals surface area contributed by atoms with Gasteiger partial charge in [-0.15, -0.1) is 11.8 Å². The van der Waals surface area contributed by atoms with Gasteiger partial charge in [0, 0.05) is 27.3 Å². The van der Waals surface area contributed by atoms with Crippen molar-refractivity contribution in [3.63, 3.8) is 0 Å². The predicted octanol–water partition coefficient (Wildman–Crippen LogP) is 5.78. The number of amides is 2. The summed E-state index contributed by atoms with van der Waals surface area (Å²) in [6, 6.07) is 15.5. The normalized spacial score (nSPS) is 12.8. The molecule has 2 aromatic rings. The van der Waals surface area contributed by atoms with E-state index in [0.717, 1.165) is 32.2 Å². The number of carbonyl (C=O) groups is 2. The third-order valence-electron chi connectivity index (χ3n) is 4.82. The molecule has 2 atom stereocenters. The average Bonchev–Trinajstić information content (AvgIpc) is 2.72. The molecule has 0 bridgehead atoms. The highest BCUT2D eigenvalue weighted by molar-refractivity contribution is 9.10. The lowest BCUT2D eigenvalue weighted by Crippen LogP contribution is -2.50. The zero-order chi connectivity index (χ0) is 22.1. The van der Waals surface area contributed by atoms with E-state index in [1.165, 1.54) is 0 Å². The first-order valence-corrected chi connectivity index (χ1v) is 12.7. The van der Waals surface area contributed by atoms with Gasteiger partial charge in [-0.3, -0.25) is 9.59 Å². The lowest BCUT2D eigenvalue weighted by atomic mass is 10.1. The maximum Gasteiger partial charge on any atom is 0.242 e. The Morgan fingerprint density at radius 1 is 1.03 bits per heavy atom. The van der Waals surface area contributed by atoms with Gasteiger partial charge in [0.2, 0.25) is 11.8 Å². The molecule has 0 aliphatic rings. The van der Waals surface area contributed by atoms with Crippen molar-refractivity contribution in [2.24, 2.45) is 0 Å². The van der Waals surface area contributed by atoms with E-state index in [4.69, 9.17) is 0 Å². The predicted molar refractivity (Wildman–Crippen MR) is 132 cm³/mol. The Hall–Kier alpha value is -1.31. The summed E-state index contributed by atoms with van der Waals surface area (Å²) in [5, 5.41) is 3.00. The molecule has 0 radical (unpaired) electrons. The Balaban J connectivity index is 2.07. The first kappa shape index (κ1) is 25.0. The lowest BCUT2D eigenvalue weighted by molar-refractivity contribution is -0.138. The quantitative estimate of drug-likeness (QED) is 0.404. The summed E-state index contributed by atoms with van der Waals surface area (Å²) >= 11 is 8.48. The van der Waals surface area contributed by atoms with Crippen molar-refractivity contribution in [3.8, 4) is 0 Å². The third-order valence-corrected chi connectivity index (χ3v) is 6.83. The molecule has 2 aromatic carbocycles. The van der Waals surface area contributed by atoms with E-state index in [-0.39, 0.29) is 17.9 Å². The Morgan fingerprint density at radius 2 is 1.73 bits per heavy atom. The minimum absolute atomic E-state index is 0.0381. The molecule has 0 aliphatic carbocycles. The Labute approximate surface area is 200 Å². The Bertz CT molecular complexity index is 845. The molecule has 0 unspecified atom stereocenters. The van der Waals surface area contributed by atoms with Crippen LogP contribution in [0, 0.1) is 0 Å². The van der Waals surface area contributed by atoms with Crippen molar-refractivity contribution in [2.45, 2.75) is 51.6 Å². The molecule has 2 rings (SSSR count). The van der Waals surface area contributed by atoms with Crippen LogP contribution in [0.2, 0.25) is 0 Å². The molecule has 1 N–H and O–H groups in total. The van der Waals surface area contributed by atoms with Crippen LogP contribution >= 0.6 is 43.6 Å². The molecule has 2 amide bonds. The van der Waals surface area contributed by atoms with Crippen LogP contribution in [0.25, 0.3) is 0 Å². The second-order valence-corrected chi connectivity index (χ2v) is 10.1. The van der Waals surface area contributed by atoms with Crippen molar-refractivity contribution < 1.29 is 9.59 Å². The van der Waals surface area contributed by atoms with E-state index < -0.39 is 6.04 Å². The fourth-order valence-corrected chi connectivity index (χ4v) is 4.38. The number of carbonyl (C=O) groups excluding carboxylic acids is 2.